The number of hydrogen-bond donors (Lipinski definition) is 2. The Morgan fingerprint density at radius 3 is 2.28 bits per heavy atom. The highest BCUT2D eigenvalue weighted by molar-refractivity contribution is 6.00. The highest BCUT2D eigenvalue weighted by atomic mass is 16.4. The maximum Gasteiger partial charge on any atom is 0.328 e. The number of aromatic amines is 1. The van der Waals surface area contributed by atoms with E-state index in [0.717, 1.165) is 51.1 Å². The lowest BCUT2D eigenvalue weighted by atomic mass is 9.87. The van der Waals surface area contributed by atoms with Crippen LogP contribution in [0.4, 0.5) is 0 Å². The SMILES string of the molecule is CCC(=C(c1ccc(C=CC(=O)O)cc1)c1ccc2c[nH]c(=O)cc2c1)c1ccccc1. The van der Waals surface area contributed by atoms with Gasteiger partial charge in [-0.05, 0) is 62.7 Å². The number of aliphatic carboxylic acids is 1. The molecule has 0 fully saturated rings. The number of carboxylic acids is 1. The average Bonchev–Trinajstić information content (AvgIpc) is 2.81. The molecule has 32 heavy (non-hydrogen) atoms. The van der Waals surface area contributed by atoms with Gasteiger partial charge >= 0.3 is 5.97 Å². The Balaban J connectivity index is 1.92. The summed E-state index contributed by atoms with van der Waals surface area (Å²) in [7, 11) is 0. The summed E-state index contributed by atoms with van der Waals surface area (Å²) in [5.74, 6) is -0.974. The van der Waals surface area contributed by atoms with Crippen molar-refractivity contribution in [3.63, 3.8) is 0 Å². The van der Waals surface area contributed by atoms with Gasteiger partial charge in [-0.1, -0.05) is 73.7 Å². The number of rotatable bonds is 6. The fourth-order valence-electron chi connectivity index (χ4n) is 3.93. The highest BCUT2D eigenvalue weighted by Crippen LogP contribution is 2.35. The summed E-state index contributed by atoms with van der Waals surface area (Å²) in [6.45, 7) is 2.14. The van der Waals surface area contributed by atoms with Crippen molar-refractivity contribution in [1.82, 2.24) is 4.98 Å². The summed E-state index contributed by atoms with van der Waals surface area (Å²) < 4.78 is 0. The number of H-pyrrole nitrogens is 1. The molecule has 0 saturated heterocycles. The second-order valence-corrected chi connectivity index (χ2v) is 7.51. The van der Waals surface area contributed by atoms with Crippen molar-refractivity contribution in [3.8, 4) is 0 Å². The average molecular weight is 421 g/mol. The molecule has 4 rings (SSSR count). The molecule has 158 valence electrons. The van der Waals surface area contributed by atoms with Crippen LogP contribution in [-0.2, 0) is 4.79 Å². The Hall–Kier alpha value is -4.18. The van der Waals surface area contributed by atoms with E-state index < -0.39 is 5.97 Å². The molecule has 0 amide bonds. The summed E-state index contributed by atoms with van der Waals surface area (Å²) in [6.07, 6.45) is 5.27. The zero-order chi connectivity index (χ0) is 22.5. The topological polar surface area (TPSA) is 70.2 Å². The molecule has 0 spiro atoms. The third-order valence-corrected chi connectivity index (χ3v) is 5.43. The molecule has 1 heterocycles. The van der Waals surface area contributed by atoms with Gasteiger partial charge in [0.1, 0.15) is 0 Å². The molecule has 4 heteroatoms. The third kappa shape index (κ3) is 4.60. The number of carbonyl (C=O) groups is 1. The molecule has 0 saturated carbocycles. The maximum atomic E-state index is 11.9. The van der Waals surface area contributed by atoms with E-state index in [0.29, 0.717) is 0 Å². The second-order valence-electron chi connectivity index (χ2n) is 7.51. The minimum atomic E-state index is -0.974. The van der Waals surface area contributed by atoms with E-state index >= 15 is 0 Å². The number of hydrogen-bond acceptors (Lipinski definition) is 2. The van der Waals surface area contributed by atoms with Gasteiger partial charge in [-0.3, -0.25) is 4.79 Å². The summed E-state index contributed by atoms with van der Waals surface area (Å²) >= 11 is 0. The van der Waals surface area contributed by atoms with E-state index in [9.17, 15) is 9.59 Å². The second kappa shape index (κ2) is 9.31. The molecule has 0 radical (unpaired) electrons. The van der Waals surface area contributed by atoms with Crippen LogP contribution in [0.1, 0.15) is 35.6 Å². The van der Waals surface area contributed by atoms with Crippen molar-refractivity contribution in [2.45, 2.75) is 13.3 Å². The van der Waals surface area contributed by atoms with Crippen molar-refractivity contribution in [1.29, 1.82) is 0 Å². The van der Waals surface area contributed by atoms with Crippen molar-refractivity contribution in [2.24, 2.45) is 0 Å². The lowest BCUT2D eigenvalue weighted by Crippen LogP contribution is -2.02. The van der Waals surface area contributed by atoms with E-state index in [2.05, 4.69) is 36.2 Å². The van der Waals surface area contributed by atoms with Gasteiger partial charge in [0, 0.05) is 18.3 Å². The van der Waals surface area contributed by atoms with Gasteiger partial charge in [0.05, 0.1) is 0 Å². The number of pyridine rings is 1. The van der Waals surface area contributed by atoms with E-state index in [1.807, 2.05) is 48.5 Å². The first-order valence-electron chi connectivity index (χ1n) is 10.5. The summed E-state index contributed by atoms with van der Waals surface area (Å²) in [5, 5.41) is 10.7. The Bertz CT molecular complexity index is 1380. The van der Waals surface area contributed by atoms with Crippen molar-refractivity contribution in [2.75, 3.05) is 0 Å². The van der Waals surface area contributed by atoms with Crippen molar-refractivity contribution >= 4 is 34.0 Å². The van der Waals surface area contributed by atoms with Crippen LogP contribution in [-0.4, -0.2) is 16.1 Å². The number of benzene rings is 3. The van der Waals surface area contributed by atoms with Crippen LogP contribution < -0.4 is 5.56 Å². The summed E-state index contributed by atoms with van der Waals surface area (Å²) in [5.41, 5.74) is 6.18. The van der Waals surface area contributed by atoms with Gasteiger partial charge in [-0.15, -0.1) is 0 Å². The minimum Gasteiger partial charge on any atom is -0.478 e. The third-order valence-electron chi connectivity index (χ3n) is 5.43. The first-order chi connectivity index (χ1) is 15.5. The molecule has 4 aromatic rings. The van der Waals surface area contributed by atoms with Gasteiger partial charge in [-0.25, -0.2) is 4.79 Å². The van der Waals surface area contributed by atoms with Crippen LogP contribution in [0.3, 0.4) is 0 Å². The molecule has 0 aliphatic rings. The lowest BCUT2D eigenvalue weighted by molar-refractivity contribution is -0.131. The van der Waals surface area contributed by atoms with Gasteiger partial charge in [0.2, 0.25) is 5.56 Å². The van der Waals surface area contributed by atoms with Gasteiger partial charge in [0.25, 0.3) is 0 Å². The number of fused-ring (bicyclic) bond motifs is 1. The van der Waals surface area contributed by atoms with Crippen molar-refractivity contribution in [3.05, 3.63) is 124 Å². The summed E-state index contributed by atoms with van der Waals surface area (Å²) in [6, 6.07) is 25.9. The zero-order valence-electron chi connectivity index (χ0n) is 17.7. The molecule has 0 atom stereocenters. The van der Waals surface area contributed by atoms with Gasteiger partial charge in [-0.2, -0.15) is 0 Å². The monoisotopic (exact) mass is 421 g/mol. The number of allylic oxidation sites excluding steroid dienone is 1. The predicted octanol–water partition coefficient (Wildman–Crippen LogP) is 6.00. The van der Waals surface area contributed by atoms with E-state index in [4.69, 9.17) is 5.11 Å². The quantitative estimate of drug-likeness (QED) is 0.296. The Morgan fingerprint density at radius 1 is 0.875 bits per heavy atom. The molecule has 0 unspecified atom stereocenters. The van der Waals surface area contributed by atoms with E-state index in [1.165, 1.54) is 5.57 Å². The van der Waals surface area contributed by atoms with Crippen LogP contribution in [0, 0.1) is 0 Å². The smallest absolute Gasteiger partial charge is 0.328 e. The predicted molar refractivity (Wildman–Crippen MR) is 130 cm³/mol. The molecule has 0 bridgehead atoms. The number of nitrogens with one attached hydrogen (secondary N) is 1. The van der Waals surface area contributed by atoms with Gasteiger partial charge < -0.3 is 10.1 Å². The zero-order valence-corrected chi connectivity index (χ0v) is 17.7. The van der Waals surface area contributed by atoms with Crippen LogP contribution in [0.15, 0.2) is 95.9 Å². The van der Waals surface area contributed by atoms with Crippen LogP contribution in [0.25, 0.3) is 28.0 Å². The summed E-state index contributed by atoms with van der Waals surface area (Å²) in [4.78, 5) is 25.4. The Morgan fingerprint density at radius 2 is 1.59 bits per heavy atom. The van der Waals surface area contributed by atoms with Crippen LogP contribution >= 0.6 is 0 Å². The lowest BCUT2D eigenvalue weighted by Gasteiger charge is -2.17. The molecule has 0 aliphatic heterocycles. The van der Waals surface area contributed by atoms with Crippen LogP contribution in [0.5, 0.6) is 0 Å². The fourth-order valence-corrected chi connectivity index (χ4v) is 3.93. The maximum absolute atomic E-state index is 11.9. The normalized spacial score (nSPS) is 12.2. The standard InChI is InChI=1S/C28H23NO3/c1-2-25(20-6-4-3-5-7-20)28(21-11-8-19(9-12-21)10-15-27(31)32)22-13-14-23-18-29-26(30)17-24(23)16-22/h3-18H,2H2,1H3,(H,29,30)(H,31,32). The number of aromatic nitrogens is 1. The molecule has 2 N–H and O–H groups in total. The van der Waals surface area contributed by atoms with Crippen molar-refractivity contribution < 1.29 is 9.90 Å². The molecular formula is C28H23NO3. The van der Waals surface area contributed by atoms with Crippen LogP contribution in [0.2, 0.25) is 0 Å². The first kappa shape index (κ1) is 21.1. The molecular weight excluding hydrogens is 398 g/mol. The molecule has 0 aliphatic carbocycles. The Kier molecular flexibility index (Phi) is 6.13. The van der Waals surface area contributed by atoms with Gasteiger partial charge in [0.15, 0.2) is 0 Å². The largest absolute Gasteiger partial charge is 0.478 e. The Labute approximate surface area is 186 Å². The first-order valence-corrected chi connectivity index (χ1v) is 10.5. The highest BCUT2D eigenvalue weighted by Gasteiger charge is 2.14. The molecule has 1 aromatic heterocycles. The van der Waals surface area contributed by atoms with E-state index in [1.54, 1.807) is 18.3 Å². The molecule has 4 nitrogen and oxygen atoms in total. The molecule has 3 aromatic carbocycles. The van der Waals surface area contributed by atoms with E-state index in [-0.39, 0.29) is 5.56 Å². The fraction of sp³-hybridized carbons (Fsp3) is 0.0714. The minimum absolute atomic E-state index is 0.131. The number of carboxylic acid groups (broad SMARTS) is 1.